The topological polar surface area (TPSA) is 38.3 Å². The standard InChI is InChI=1S/C10H17ClF3NO2/c1-7(2)3-8(11)4-15-9(16)5-17-6-10(12,13)14/h7-8H,3-6H2,1-2H3,(H,15,16). The summed E-state index contributed by atoms with van der Waals surface area (Å²) in [6, 6.07) is 0. The van der Waals surface area contributed by atoms with E-state index in [9.17, 15) is 18.0 Å². The van der Waals surface area contributed by atoms with Gasteiger partial charge in [0.1, 0.15) is 13.2 Å². The Morgan fingerprint density at radius 3 is 2.47 bits per heavy atom. The average Bonchev–Trinajstić information content (AvgIpc) is 2.11. The van der Waals surface area contributed by atoms with Gasteiger partial charge in [0.25, 0.3) is 0 Å². The Hall–Kier alpha value is -0.490. The maximum atomic E-state index is 11.7. The summed E-state index contributed by atoms with van der Waals surface area (Å²) in [6.07, 6.45) is -3.68. The van der Waals surface area contributed by atoms with Crippen molar-refractivity contribution in [2.45, 2.75) is 31.8 Å². The predicted octanol–water partition coefficient (Wildman–Crippen LogP) is 2.34. The van der Waals surface area contributed by atoms with Crippen molar-refractivity contribution in [2.24, 2.45) is 5.92 Å². The molecule has 0 spiro atoms. The van der Waals surface area contributed by atoms with Crippen LogP contribution in [-0.2, 0) is 9.53 Å². The number of alkyl halides is 4. The summed E-state index contributed by atoms with van der Waals surface area (Å²) in [5.74, 6) is -0.195. The van der Waals surface area contributed by atoms with Gasteiger partial charge < -0.3 is 10.1 Å². The Bertz CT molecular complexity index is 234. The zero-order chi connectivity index (χ0) is 13.5. The second-order valence-corrected chi connectivity index (χ2v) is 4.76. The van der Waals surface area contributed by atoms with Gasteiger partial charge in [-0.1, -0.05) is 13.8 Å². The van der Waals surface area contributed by atoms with E-state index in [1.165, 1.54) is 0 Å². The Balaban J connectivity index is 3.60. The number of halogens is 4. The van der Waals surface area contributed by atoms with Crippen LogP contribution in [0.3, 0.4) is 0 Å². The summed E-state index contributed by atoms with van der Waals surface area (Å²) < 4.78 is 39.3. The third-order valence-corrected chi connectivity index (χ3v) is 2.08. The number of rotatable bonds is 7. The van der Waals surface area contributed by atoms with E-state index < -0.39 is 25.3 Å². The van der Waals surface area contributed by atoms with E-state index >= 15 is 0 Å². The van der Waals surface area contributed by atoms with E-state index in [1.54, 1.807) is 0 Å². The smallest absolute Gasteiger partial charge is 0.362 e. The number of carbonyl (C=O) groups is 1. The molecular weight excluding hydrogens is 259 g/mol. The molecule has 1 atom stereocenters. The van der Waals surface area contributed by atoms with Gasteiger partial charge in [0.2, 0.25) is 5.91 Å². The SMILES string of the molecule is CC(C)CC(Cl)CNC(=O)COCC(F)(F)F. The van der Waals surface area contributed by atoms with Crippen LogP contribution in [0.5, 0.6) is 0 Å². The normalized spacial score (nSPS) is 13.8. The van der Waals surface area contributed by atoms with Crippen molar-refractivity contribution in [3.63, 3.8) is 0 Å². The van der Waals surface area contributed by atoms with E-state index in [2.05, 4.69) is 10.1 Å². The fourth-order valence-corrected chi connectivity index (χ4v) is 1.56. The number of amides is 1. The molecule has 0 bridgehead atoms. The first kappa shape index (κ1) is 16.5. The van der Waals surface area contributed by atoms with Crippen LogP contribution in [0.25, 0.3) is 0 Å². The molecule has 0 radical (unpaired) electrons. The van der Waals surface area contributed by atoms with Gasteiger partial charge in [0.15, 0.2) is 0 Å². The molecule has 0 aliphatic heterocycles. The molecule has 0 rings (SSSR count). The van der Waals surface area contributed by atoms with E-state index in [1.807, 2.05) is 13.8 Å². The van der Waals surface area contributed by atoms with Crippen molar-refractivity contribution in [1.29, 1.82) is 0 Å². The van der Waals surface area contributed by atoms with Gasteiger partial charge in [-0.25, -0.2) is 0 Å². The molecule has 0 aliphatic carbocycles. The summed E-state index contributed by atoms with van der Waals surface area (Å²) in [6.45, 7) is 2.18. The molecule has 1 unspecified atom stereocenters. The van der Waals surface area contributed by atoms with E-state index in [0.717, 1.165) is 6.42 Å². The van der Waals surface area contributed by atoms with Gasteiger partial charge in [-0.3, -0.25) is 4.79 Å². The van der Waals surface area contributed by atoms with Crippen LogP contribution in [0.4, 0.5) is 13.2 Å². The lowest BCUT2D eigenvalue weighted by Crippen LogP contribution is -2.34. The molecular formula is C10H17ClF3NO2. The summed E-state index contributed by atoms with van der Waals surface area (Å²) >= 11 is 5.89. The number of ether oxygens (including phenoxy) is 1. The van der Waals surface area contributed by atoms with Crippen LogP contribution in [0, 0.1) is 5.92 Å². The Morgan fingerprint density at radius 2 is 2.00 bits per heavy atom. The van der Waals surface area contributed by atoms with Gasteiger partial charge in [0.05, 0.1) is 5.38 Å². The van der Waals surface area contributed by atoms with Gasteiger partial charge >= 0.3 is 6.18 Å². The molecule has 0 heterocycles. The van der Waals surface area contributed by atoms with Crippen molar-refractivity contribution in [3.05, 3.63) is 0 Å². The molecule has 0 saturated heterocycles. The fraction of sp³-hybridized carbons (Fsp3) is 0.900. The van der Waals surface area contributed by atoms with Crippen LogP contribution >= 0.6 is 11.6 Å². The first-order chi connectivity index (χ1) is 7.70. The molecule has 102 valence electrons. The van der Waals surface area contributed by atoms with Gasteiger partial charge in [0, 0.05) is 6.54 Å². The number of nitrogens with one attached hydrogen (secondary N) is 1. The highest BCUT2D eigenvalue weighted by atomic mass is 35.5. The summed E-state index contributed by atoms with van der Waals surface area (Å²) in [5, 5.41) is 2.19. The maximum Gasteiger partial charge on any atom is 0.411 e. The lowest BCUT2D eigenvalue weighted by Gasteiger charge is -2.13. The molecule has 0 aromatic heterocycles. The van der Waals surface area contributed by atoms with Crippen LogP contribution in [0.2, 0.25) is 0 Å². The van der Waals surface area contributed by atoms with Crippen LogP contribution in [0.1, 0.15) is 20.3 Å². The van der Waals surface area contributed by atoms with Crippen molar-refractivity contribution in [1.82, 2.24) is 5.32 Å². The van der Waals surface area contributed by atoms with Crippen LogP contribution in [-0.4, -0.2) is 37.2 Å². The highest BCUT2D eigenvalue weighted by Gasteiger charge is 2.27. The third kappa shape index (κ3) is 11.8. The number of hydrogen-bond acceptors (Lipinski definition) is 2. The zero-order valence-corrected chi connectivity index (χ0v) is 10.6. The monoisotopic (exact) mass is 275 g/mol. The van der Waals surface area contributed by atoms with E-state index in [4.69, 9.17) is 11.6 Å². The van der Waals surface area contributed by atoms with Crippen molar-refractivity contribution in [3.8, 4) is 0 Å². The molecule has 0 aliphatic rings. The summed E-state index contributed by atoms with van der Waals surface area (Å²) in [7, 11) is 0. The van der Waals surface area contributed by atoms with Gasteiger partial charge in [-0.15, -0.1) is 11.6 Å². The number of hydrogen-bond donors (Lipinski definition) is 1. The molecule has 0 aromatic carbocycles. The van der Waals surface area contributed by atoms with E-state index in [-0.39, 0.29) is 11.9 Å². The quantitative estimate of drug-likeness (QED) is 0.724. The molecule has 17 heavy (non-hydrogen) atoms. The Labute approximate surface area is 104 Å². The zero-order valence-electron chi connectivity index (χ0n) is 9.81. The van der Waals surface area contributed by atoms with Crippen molar-refractivity contribution < 1.29 is 22.7 Å². The minimum absolute atomic E-state index is 0.221. The van der Waals surface area contributed by atoms with E-state index in [0.29, 0.717) is 5.92 Å². The Morgan fingerprint density at radius 1 is 1.41 bits per heavy atom. The summed E-state index contributed by atoms with van der Waals surface area (Å²) in [5.41, 5.74) is 0. The van der Waals surface area contributed by atoms with Crippen molar-refractivity contribution in [2.75, 3.05) is 19.8 Å². The first-order valence-electron chi connectivity index (χ1n) is 5.26. The minimum atomic E-state index is -4.41. The highest BCUT2D eigenvalue weighted by molar-refractivity contribution is 6.20. The van der Waals surface area contributed by atoms with Crippen LogP contribution < -0.4 is 5.32 Å². The molecule has 0 saturated carbocycles. The predicted molar refractivity (Wildman–Crippen MR) is 59.0 cm³/mol. The molecule has 7 heteroatoms. The second-order valence-electron chi connectivity index (χ2n) is 4.14. The molecule has 1 N–H and O–H groups in total. The average molecular weight is 276 g/mol. The van der Waals surface area contributed by atoms with Crippen molar-refractivity contribution >= 4 is 17.5 Å². The highest BCUT2D eigenvalue weighted by Crippen LogP contribution is 2.14. The van der Waals surface area contributed by atoms with Crippen LogP contribution in [0.15, 0.2) is 0 Å². The molecule has 0 aromatic rings. The first-order valence-corrected chi connectivity index (χ1v) is 5.69. The summed E-state index contributed by atoms with van der Waals surface area (Å²) in [4.78, 5) is 11.1. The molecule has 3 nitrogen and oxygen atoms in total. The third-order valence-electron chi connectivity index (χ3n) is 1.75. The van der Waals surface area contributed by atoms with Gasteiger partial charge in [-0.05, 0) is 12.3 Å². The molecule has 1 amide bonds. The lowest BCUT2D eigenvalue weighted by atomic mass is 10.1. The largest absolute Gasteiger partial charge is 0.411 e. The maximum absolute atomic E-state index is 11.7. The fourth-order valence-electron chi connectivity index (χ4n) is 1.13. The number of carbonyl (C=O) groups excluding carboxylic acids is 1. The molecule has 0 fully saturated rings. The van der Waals surface area contributed by atoms with Gasteiger partial charge in [-0.2, -0.15) is 13.2 Å². The second kappa shape index (κ2) is 7.76. The Kier molecular flexibility index (Phi) is 7.54. The lowest BCUT2D eigenvalue weighted by molar-refractivity contribution is -0.175. The minimum Gasteiger partial charge on any atom is -0.362 e.